The van der Waals surface area contributed by atoms with E-state index in [0.717, 1.165) is 0 Å². The third-order valence-corrected chi connectivity index (χ3v) is 6.00. The van der Waals surface area contributed by atoms with E-state index in [9.17, 15) is 26.4 Å². The first kappa shape index (κ1) is 20.5. The molecular weight excluding hydrogens is 375 g/mol. The summed E-state index contributed by atoms with van der Waals surface area (Å²) in [5, 5.41) is 9.03. The Morgan fingerprint density at radius 3 is 2.35 bits per heavy atom. The number of carbonyl (C=O) groups is 1. The van der Waals surface area contributed by atoms with E-state index in [-0.39, 0.29) is 11.0 Å². The van der Waals surface area contributed by atoms with Crippen LogP contribution >= 0.6 is 0 Å². The highest BCUT2D eigenvalue weighted by molar-refractivity contribution is 7.89. The van der Waals surface area contributed by atoms with Gasteiger partial charge in [0.15, 0.2) is 0 Å². The van der Waals surface area contributed by atoms with E-state index in [1.165, 1.54) is 18.2 Å². The maximum Gasteiger partial charge on any atom is 0.393 e. The van der Waals surface area contributed by atoms with E-state index in [1.807, 2.05) is 0 Å². The number of aliphatic carboxylic acids is 1. The van der Waals surface area contributed by atoms with Crippen LogP contribution < -0.4 is 4.74 Å². The molecule has 0 aliphatic carbocycles. The van der Waals surface area contributed by atoms with Gasteiger partial charge in [0.05, 0.1) is 22.8 Å². The number of halogens is 3. The second-order valence-corrected chi connectivity index (χ2v) is 8.45. The Hall–Kier alpha value is -1.81. The molecule has 0 unspecified atom stereocenters. The molecule has 1 aromatic rings. The smallest absolute Gasteiger partial charge is 0.393 e. The first-order valence-electron chi connectivity index (χ1n) is 7.91. The van der Waals surface area contributed by atoms with Gasteiger partial charge in [-0.2, -0.15) is 17.5 Å². The molecule has 1 aromatic carbocycles. The average molecular weight is 395 g/mol. The van der Waals surface area contributed by atoms with Crippen molar-refractivity contribution in [2.75, 3.05) is 13.1 Å². The summed E-state index contributed by atoms with van der Waals surface area (Å²) in [5.41, 5.74) is 0.515. The second kappa shape index (κ2) is 7.07. The molecule has 0 spiro atoms. The van der Waals surface area contributed by atoms with E-state index >= 15 is 0 Å². The van der Waals surface area contributed by atoms with E-state index in [4.69, 9.17) is 9.84 Å². The van der Waals surface area contributed by atoms with Crippen molar-refractivity contribution in [1.82, 2.24) is 4.31 Å². The molecule has 1 saturated heterocycles. The van der Waals surface area contributed by atoms with Gasteiger partial charge >= 0.3 is 12.1 Å². The lowest BCUT2D eigenvalue weighted by Crippen LogP contribution is -2.34. The molecule has 0 saturated carbocycles. The lowest BCUT2D eigenvalue weighted by Gasteiger charge is -2.19. The minimum atomic E-state index is -4.79. The minimum Gasteiger partial charge on any atom is -0.491 e. The molecule has 0 bridgehead atoms. The molecule has 1 heterocycles. The lowest BCUT2D eigenvalue weighted by atomic mass is 9.96. The van der Waals surface area contributed by atoms with Crippen LogP contribution in [0, 0.1) is 18.8 Å². The van der Waals surface area contributed by atoms with Crippen molar-refractivity contribution >= 4 is 16.0 Å². The average Bonchev–Trinajstić information content (AvgIpc) is 2.95. The van der Waals surface area contributed by atoms with Crippen molar-refractivity contribution in [3.63, 3.8) is 0 Å². The largest absolute Gasteiger partial charge is 0.491 e. The lowest BCUT2D eigenvalue weighted by molar-refractivity contribution is -0.187. The van der Waals surface area contributed by atoms with Gasteiger partial charge in [0.2, 0.25) is 10.0 Å². The highest BCUT2D eigenvalue weighted by atomic mass is 32.2. The van der Waals surface area contributed by atoms with Gasteiger partial charge in [-0.3, -0.25) is 4.79 Å². The van der Waals surface area contributed by atoms with Crippen molar-refractivity contribution in [3.05, 3.63) is 23.8 Å². The highest BCUT2D eigenvalue weighted by Gasteiger charge is 2.54. The predicted molar refractivity (Wildman–Crippen MR) is 86.4 cm³/mol. The first-order valence-corrected chi connectivity index (χ1v) is 9.35. The summed E-state index contributed by atoms with van der Waals surface area (Å²) in [4.78, 5) is 10.9. The number of rotatable bonds is 5. The van der Waals surface area contributed by atoms with Gasteiger partial charge in [-0.25, -0.2) is 8.42 Å². The van der Waals surface area contributed by atoms with Crippen LogP contribution in [0.15, 0.2) is 23.1 Å². The summed E-state index contributed by atoms with van der Waals surface area (Å²) in [6.45, 7) is 3.60. The standard InChI is InChI=1S/C16H20F3NO5S/c1-9(2)25-14-5-4-11(6-10(14)3)26(23,24)20-7-12(15(21)22)13(8-20)16(17,18)19/h4-6,9,12-13H,7-8H2,1-3H3,(H,21,22)/t12-,13-/m1/s1. The first-order chi connectivity index (χ1) is 11.8. The number of carboxylic acids is 1. The van der Waals surface area contributed by atoms with Crippen LogP contribution in [0.25, 0.3) is 0 Å². The minimum absolute atomic E-state index is 0.126. The number of sulfonamides is 1. The summed E-state index contributed by atoms with van der Waals surface area (Å²) in [5.74, 6) is -5.26. The second-order valence-electron chi connectivity index (χ2n) is 6.51. The Labute approximate surface area is 149 Å². The van der Waals surface area contributed by atoms with Gasteiger partial charge in [0, 0.05) is 13.1 Å². The number of alkyl halides is 3. The molecule has 146 valence electrons. The normalized spacial score (nSPS) is 22.0. The van der Waals surface area contributed by atoms with Crippen LogP contribution in [-0.4, -0.2) is 49.2 Å². The molecule has 2 rings (SSSR count). The zero-order valence-corrected chi connectivity index (χ0v) is 15.3. The fourth-order valence-corrected chi connectivity index (χ4v) is 4.44. The maximum atomic E-state index is 13.1. The van der Waals surface area contributed by atoms with Crippen LogP contribution in [-0.2, 0) is 14.8 Å². The fraction of sp³-hybridized carbons (Fsp3) is 0.562. The molecule has 26 heavy (non-hydrogen) atoms. The molecule has 0 radical (unpaired) electrons. The SMILES string of the molecule is Cc1cc(S(=O)(=O)N2C[C@@H](C(F)(F)F)[C@H](C(=O)O)C2)ccc1OC(C)C. The topological polar surface area (TPSA) is 83.9 Å². The Morgan fingerprint density at radius 2 is 1.92 bits per heavy atom. The van der Waals surface area contributed by atoms with E-state index in [2.05, 4.69) is 0 Å². The number of hydrogen-bond donors (Lipinski definition) is 1. The van der Waals surface area contributed by atoms with Crippen LogP contribution in [0.3, 0.4) is 0 Å². The Morgan fingerprint density at radius 1 is 1.31 bits per heavy atom. The zero-order valence-electron chi connectivity index (χ0n) is 14.4. The van der Waals surface area contributed by atoms with Crippen LogP contribution in [0.5, 0.6) is 5.75 Å². The van der Waals surface area contributed by atoms with Crippen molar-refractivity contribution in [3.8, 4) is 5.75 Å². The van der Waals surface area contributed by atoms with Gasteiger partial charge in [0.1, 0.15) is 5.75 Å². The third kappa shape index (κ3) is 4.12. The zero-order chi connectivity index (χ0) is 19.9. The summed E-state index contributed by atoms with van der Waals surface area (Å²) in [6.07, 6.45) is -4.92. The van der Waals surface area contributed by atoms with Crippen molar-refractivity contribution < 1.29 is 36.2 Å². The van der Waals surface area contributed by atoms with Gasteiger partial charge in [0.25, 0.3) is 0 Å². The number of benzene rings is 1. The van der Waals surface area contributed by atoms with E-state index < -0.39 is 47.1 Å². The van der Waals surface area contributed by atoms with Gasteiger partial charge in [-0.1, -0.05) is 0 Å². The van der Waals surface area contributed by atoms with Crippen LogP contribution in [0.1, 0.15) is 19.4 Å². The summed E-state index contributed by atoms with van der Waals surface area (Å²) in [6, 6.07) is 3.99. The molecular formula is C16H20F3NO5S. The highest BCUT2D eigenvalue weighted by Crippen LogP contribution is 2.40. The summed E-state index contributed by atoms with van der Waals surface area (Å²) in [7, 11) is -4.25. The van der Waals surface area contributed by atoms with Gasteiger partial charge in [-0.05, 0) is 44.5 Å². The molecule has 2 atom stereocenters. The van der Waals surface area contributed by atoms with E-state index in [0.29, 0.717) is 15.6 Å². The molecule has 0 aromatic heterocycles. The molecule has 6 nitrogen and oxygen atoms in total. The van der Waals surface area contributed by atoms with Crippen molar-refractivity contribution in [2.24, 2.45) is 11.8 Å². The van der Waals surface area contributed by atoms with Crippen molar-refractivity contribution in [1.29, 1.82) is 0 Å². The third-order valence-electron chi connectivity index (χ3n) is 4.17. The molecule has 1 aliphatic heterocycles. The molecule has 1 aliphatic rings. The number of hydrogen-bond acceptors (Lipinski definition) is 4. The fourth-order valence-electron chi connectivity index (χ4n) is 2.86. The Bertz CT molecular complexity index is 792. The quantitative estimate of drug-likeness (QED) is 0.829. The molecule has 0 amide bonds. The molecule has 1 N–H and O–H groups in total. The van der Waals surface area contributed by atoms with Gasteiger partial charge in [-0.15, -0.1) is 0 Å². The predicted octanol–water partition coefficient (Wildman–Crippen LogP) is 2.67. The number of nitrogens with zero attached hydrogens (tertiary/aromatic N) is 1. The number of ether oxygens (including phenoxy) is 1. The maximum absolute atomic E-state index is 13.1. The Balaban J connectivity index is 2.33. The Kier molecular flexibility index (Phi) is 5.57. The summed E-state index contributed by atoms with van der Waals surface area (Å²) < 4.78 is 70.7. The number of carboxylic acid groups (broad SMARTS) is 1. The molecule has 10 heteroatoms. The van der Waals surface area contributed by atoms with Crippen LogP contribution in [0.4, 0.5) is 13.2 Å². The molecule has 1 fully saturated rings. The monoisotopic (exact) mass is 395 g/mol. The number of aryl methyl sites for hydroxylation is 1. The summed E-state index contributed by atoms with van der Waals surface area (Å²) >= 11 is 0. The van der Waals surface area contributed by atoms with E-state index in [1.54, 1.807) is 20.8 Å². The van der Waals surface area contributed by atoms with Crippen molar-refractivity contribution in [2.45, 2.75) is 37.9 Å². The van der Waals surface area contributed by atoms with Crippen LogP contribution in [0.2, 0.25) is 0 Å². The van der Waals surface area contributed by atoms with Gasteiger partial charge < -0.3 is 9.84 Å².